The second-order valence-electron chi connectivity index (χ2n) is 13.1. The fourth-order valence-corrected chi connectivity index (χ4v) is 7.36. The van der Waals surface area contributed by atoms with Crippen LogP contribution in [0.1, 0.15) is 102 Å². The molecule has 0 radical (unpaired) electrons. The van der Waals surface area contributed by atoms with Crippen LogP contribution in [0.25, 0.3) is 0 Å². The zero-order chi connectivity index (χ0) is 34.1. The van der Waals surface area contributed by atoms with Gasteiger partial charge >= 0.3 is 0 Å². The minimum absolute atomic E-state index is 0.0110. The average molecular weight is 766 g/mol. The summed E-state index contributed by atoms with van der Waals surface area (Å²) >= 11 is 2.15. The summed E-state index contributed by atoms with van der Waals surface area (Å²) in [5, 5.41) is 11.3. The Hall–Kier alpha value is -3.17. The van der Waals surface area contributed by atoms with E-state index >= 15 is 0 Å². The molecule has 4 rings (SSSR count). The average Bonchev–Trinajstić information content (AvgIpc) is 3.82. The van der Waals surface area contributed by atoms with Crippen molar-refractivity contribution < 1.29 is 28.8 Å². The minimum Gasteiger partial charge on any atom is -0.347 e. The highest BCUT2D eigenvalue weighted by Gasteiger charge is 2.45. The van der Waals surface area contributed by atoms with Gasteiger partial charge in [-0.2, -0.15) is 0 Å². The molecule has 0 aromatic carbocycles. The molecule has 3 aliphatic rings. The third-order valence-corrected chi connectivity index (χ3v) is 10.8. The van der Waals surface area contributed by atoms with E-state index in [4.69, 9.17) is 0 Å². The van der Waals surface area contributed by atoms with Gasteiger partial charge in [0.1, 0.15) is 23.8 Å². The number of ketones is 1. The number of nitrogens with one attached hydrogen (secondary N) is 4. The first-order valence-corrected chi connectivity index (χ1v) is 18.3. The maximum absolute atomic E-state index is 14.3. The lowest BCUT2D eigenvalue weighted by molar-refractivity contribution is -0.144. The summed E-state index contributed by atoms with van der Waals surface area (Å²) in [7, 11) is 0. The largest absolute Gasteiger partial charge is 0.347 e. The molecule has 47 heavy (non-hydrogen) atoms. The number of rotatable bonds is 15. The van der Waals surface area contributed by atoms with E-state index in [9.17, 15) is 28.8 Å². The number of carbonyl (C=O) groups is 6. The molecule has 1 saturated heterocycles. The molecule has 5 amide bonds. The Morgan fingerprint density at radius 3 is 2.30 bits per heavy atom. The van der Waals surface area contributed by atoms with E-state index in [0.717, 1.165) is 44.9 Å². The van der Waals surface area contributed by atoms with Crippen LogP contribution in [-0.4, -0.2) is 90.9 Å². The summed E-state index contributed by atoms with van der Waals surface area (Å²) in [6.45, 7) is 5.97. The van der Waals surface area contributed by atoms with Crippen molar-refractivity contribution in [1.82, 2.24) is 36.1 Å². The predicted octanol–water partition coefficient (Wildman–Crippen LogP) is 2.22. The molecule has 6 atom stereocenters. The molecule has 14 heteroatoms. The standard InChI is InChI=1S/C33H48IN7O6/c1-4-9-23(28(42)32(46)37-21-12-13-21)38-31(45)27-22(34)14-17-41(27)33(47)25(19(3)5-2)39-30(44)26(20-10-7-6-8-11-20)40-29(43)24-18-35-15-16-36-24/h15-16,18-23,25-27H,4-14,17H2,1-3H3,(H,37,46)(H,38,45)(H,39,44)(H,40,43)/t19?,22-,23?,25-,26-,27-/m0/s1. The van der Waals surface area contributed by atoms with Gasteiger partial charge in [-0.3, -0.25) is 33.8 Å². The second-order valence-corrected chi connectivity index (χ2v) is 14.7. The van der Waals surface area contributed by atoms with E-state index < -0.39 is 53.6 Å². The Balaban J connectivity index is 1.51. The molecule has 1 aromatic rings. The van der Waals surface area contributed by atoms with Gasteiger partial charge in [-0.1, -0.05) is 75.5 Å². The van der Waals surface area contributed by atoms with Crippen LogP contribution < -0.4 is 21.3 Å². The molecular formula is C33H48IN7O6. The number of halogens is 1. The molecule has 1 aromatic heterocycles. The number of Topliss-reactive ketones (excluding diaryl/α,β-unsaturated/α-hetero) is 1. The lowest BCUT2D eigenvalue weighted by Gasteiger charge is -2.35. The van der Waals surface area contributed by atoms with Gasteiger partial charge in [0.25, 0.3) is 11.8 Å². The molecule has 0 spiro atoms. The molecule has 2 heterocycles. The number of aromatic nitrogens is 2. The number of likely N-dealkylation sites (tertiary alicyclic amines) is 1. The maximum atomic E-state index is 14.3. The first kappa shape index (κ1) is 36.7. The molecule has 4 N–H and O–H groups in total. The summed E-state index contributed by atoms with van der Waals surface area (Å²) in [4.78, 5) is 90.1. The lowest BCUT2D eigenvalue weighted by Crippen LogP contribution is -2.61. The van der Waals surface area contributed by atoms with Crippen molar-refractivity contribution in [2.24, 2.45) is 11.8 Å². The summed E-state index contributed by atoms with van der Waals surface area (Å²) in [6.07, 6.45) is 12.4. The van der Waals surface area contributed by atoms with Crippen molar-refractivity contribution in [3.8, 4) is 0 Å². The number of amides is 5. The van der Waals surface area contributed by atoms with Crippen LogP contribution in [0.2, 0.25) is 0 Å². The van der Waals surface area contributed by atoms with E-state index in [2.05, 4.69) is 53.8 Å². The van der Waals surface area contributed by atoms with Crippen molar-refractivity contribution in [3.63, 3.8) is 0 Å². The fraction of sp³-hybridized carbons (Fsp3) is 0.697. The van der Waals surface area contributed by atoms with Crippen molar-refractivity contribution in [2.75, 3.05) is 6.54 Å². The van der Waals surface area contributed by atoms with E-state index in [1.165, 1.54) is 23.5 Å². The molecular weight excluding hydrogens is 717 g/mol. The molecule has 1 aliphatic heterocycles. The zero-order valence-corrected chi connectivity index (χ0v) is 29.7. The maximum Gasteiger partial charge on any atom is 0.289 e. The van der Waals surface area contributed by atoms with Gasteiger partial charge in [0, 0.05) is 28.9 Å². The second kappa shape index (κ2) is 17.3. The normalized spacial score (nSPS) is 22.3. The van der Waals surface area contributed by atoms with Crippen LogP contribution in [0.5, 0.6) is 0 Å². The first-order chi connectivity index (χ1) is 22.5. The predicted molar refractivity (Wildman–Crippen MR) is 182 cm³/mol. The highest BCUT2D eigenvalue weighted by molar-refractivity contribution is 14.1. The third kappa shape index (κ3) is 9.69. The van der Waals surface area contributed by atoms with Crippen LogP contribution in [-0.2, 0) is 24.0 Å². The van der Waals surface area contributed by atoms with Gasteiger partial charge in [0.2, 0.25) is 23.5 Å². The smallest absolute Gasteiger partial charge is 0.289 e. The van der Waals surface area contributed by atoms with E-state index in [1.54, 1.807) is 0 Å². The number of alkyl halides is 1. The van der Waals surface area contributed by atoms with Crippen LogP contribution in [0.15, 0.2) is 18.6 Å². The van der Waals surface area contributed by atoms with E-state index in [-0.39, 0.29) is 33.4 Å². The van der Waals surface area contributed by atoms with Gasteiger partial charge in [0.05, 0.1) is 12.2 Å². The van der Waals surface area contributed by atoms with E-state index in [1.807, 2.05) is 20.8 Å². The van der Waals surface area contributed by atoms with Crippen LogP contribution in [0.4, 0.5) is 0 Å². The Bertz CT molecular complexity index is 1290. The van der Waals surface area contributed by atoms with E-state index in [0.29, 0.717) is 32.2 Å². The number of hydrogen-bond donors (Lipinski definition) is 4. The number of nitrogens with zero attached hydrogens (tertiary/aromatic N) is 3. The molecule has 0 bridgehead atoms. The topological polar surface area (TPSA) is 180 Å². The van der Waals surface area contributed by atoms with Gasteiger partial charge in [-0.05, 0) is 50.4 Å². The summed E-state index contributed by atoms with van der Waals surface area (Å²) in [5.41, 5.74) is 0.0968. The highest BCUT2D eigenvalue weighted by atomic mass is 127. The Kier molecular flexibility index (Phi) is 13.5. The number of carbonyl (C=O) groups excluding carboxylic acids is 6. The monoisotopic (exact) mass is 765 g/mol. The Morgan fingerprint density at radius 1 is 0.957 bits per heavy atom. The fourth-order valence-electron chi connectivity index (χ4n) is 6.37. The van der Waals surface area contributed by atoms with Crippen molar-refractivity contribution in [2.45, 2.75) is 126 Å². The third-order valence-electron chi connectivity index (χ3n) is 9.49. The highest BCUT2D eigenvalue weighted by Crippen LogP contribution is 2.29. The molecule has 258 valence electrons. The quantitative estimate of drug-likeness (QED) is 0.119. The SMILES string of the molecule is CCCC(NC(=O)[C@@H]1[C@@H](I)CCN1C(=O)[C@@H](NC(=O)[C@@H](NC(=O)c1cnccn1)C1CCCCC1)C(C)CC)C(=O)C(=O)NC1CC1. The summed E-state index contributed by atoms with van der Waals surface area (Å²) in [5.74, 6) is -3.61. The van der Waals surface area contributed by atoms with Crippen molar-refractivity contribution in [1.29, 1.82) is 0 Å². The Morgan fingerprint density at radius 2 is 1.68 bits per heavy atom. The van der Waals surface area contributed by atoms with Crippen LogP contribution in [0.3, 0.4) is 0 Å². The molecule has 3 fully saturated rings. The Labute approximate surface area is 290 Å². The molecule has 13 nitrogen and oxygen atoms in total. The van der Waals surface area contributed by atoms with Gasteiger partial charge in [-0.25, -0.2) is 4.98 Å². The van der Waals surface area contributed by atoms with Crippen LogP contribution in [0, 0.1) is 11.8 Å². The van der Waals surface area contributed by atoms with Crippen molar-refractivity contribution >= 4 is 57.9 Å². The molecule has 2 aliphatic carbocycles. The molecule has 2 saturated carbocycles. The van der Waals surface area contributed by atoms with Gasteiger partial charge in [-0.15, -0.1) is 0 Å². The minimum atomic E-state index is -0.994. The van der Waals surface area contributed by atoms with Gasteiger partial charge < -0.3 is 26.2 Å². The summed E-state index contributed by atoms with van der Waals surface area (Å²) < 4.78 is -0.233. The van der Waals surface area contributed by atoms with Gasteiger partial charge in [0.15, 0.2) is 0 Å². The molecule has 2 unspecified atom stereocenters. The van der Waals surface area contributed by atoms with Crippen LogP contribution >= 0.6 is 22.6 Å². The van der Waals surface area contributed by atoms with Crippen molar-refractivity contribution in [3.05, 3.63) is 24.3 Å². The zero-order valence-electron chi connectivity index (χ0n) is 27.5. The summed E-state index contributed by atoms with van der Waals surface area (Å²) in [6, 6.07) is -3.68. The first-order valence-electron chi connectivity index (χ1n) is 17.0. The lowest BCUT2D eigenvalue weighted by atomic mass is 9.83. The number of hydrogen-bond acceptors (Lipinski definition) is 8.